The van der Waals surface area contributed by atoms with Crippen LogP contribution in [-0.2, 0) is 14.8 Å². The summed E-state index contributed by atoms with van der Waals surface area (Å²) >= 11 is 13.3. The molecule has 4 N–H and O–H groups in total. The van der Waals surface area contributed by atoms with Crippen LogP contribution in [0, 0.1) is 0 Å². The van der Waals surface area contributed by atoms with Crippen molar-refractivity contribution in [1.29, 1.82) is 0 Å². The summed E-state index contributed by atoms with van der Waals surface area (Å²) in [5.41, 5.74) is -3.27. The summed E-state index contributed by atoms with van der Waals surface area (Å²) in [7, 11) is -4.15. The molecule has 3 aliphatic heterocycles. The van der Waals surface area contributed by atoms with E-state index in [1.54, 1.807) is 23.1 Å². The number of aliphatic hydroxyl groups excluding tert-OH is 1. The Morgan fingerprint density at radius 1 is 1.20 bits per heavy atom. The Morgan fingerprint density at radius 3 is 2.58 bits per heavy atom. The second-order valence-electron chi connectivity index (χ2n) is 10.0. The number of primary sulfonamides is 1. The van der Waals surface area contributed by atoms with E-state index in [-0.39, 0.29) is 38.5 Å². The minimum atomic E-state index is -4.15. The second-order valence-corrected chi connectivity index (χ2v) is 12.4. The van der Waals surface area contributed by atoms with E-state index in [1.165, 1.54) is 24.5 Å². The molecule has 4 unspecified atom stereocenters. The lowest BCUT2D eigenvalue weighted by atomic mass is 9.79. The van der Waals surface area contributed by atoms with Crippen molar-refractivity contribution >= 4 is 38.9 Å². The number of aromatic amines is 1. The number of ether oxygens (including phenoxy) is 2. The number of nitrogens with one attached hydrogen (secondary N) is 1. The lowest BCUT2D eigenvalue weighted by Gasteiger charge is -2.54. The summed E-state index contributed by atoms with van der Waals surface area (Å²) in [6.07, 6.45) is 4.67. The van der Waals surface area contributed by atoms with Crippen molar-refractivity contribution in [2.24, 2.45) is 5.14 Å². The van der Waals surface area contributed by atoms with Crippen LogP contribution in [0.4, 0.5) is 5.69 Å². The third-order valence-corrected chi connectivity index (χ3v) is 9.13. The molecule has 2 fully saturated rings. The topological polar surface area (TPSA) is 170 Å². The molecule has 12 nitrogen and oxygen atoms in total. The predicted octanol–water partition coefficient (Wildman–Crippen LogP) is 2.06. The lowest BCUT2D eigenvalue weighted by Crippen LogP contribution is -2.68. The van der Waals surface area contributed by atoms with Crippen LogP contribution in [0.3, 0.4) is 0 Å². The van der Waals surface area contributed by atoms with Gasteiger partial charge in [0.15, 0.2) is 11.5 Å². The van der Waals surface area contributed by atoms with Gasteiger partial charge in [0.1, 0.15) is 22.8 Å². The van der Waals surface area contributed by atoms with Gasteiger partial charge < -0.3 is 19.5 Å². The number of hydrogen-bond acceptors (Lipinski definition) is 9. The molecular formula is C25H23Cl2N5O7S. The van der Waals surface area contributed by atoms with Gasteiger partial charge in [-0.2, -0.15) is 9.78 Å². The van der Waals surface area contributed by atoms with Crippen molar-refractivity contribution in [1.82, 2.24) is 14.8 Å². The number of sulfonamides is 1. The van der Waals surface area contributed by atoms with Gasteiger partial charge in [-0.05, 0) is 36.8 Å². The van der Waals surface area contributed by atoms with E-state index in [1.807, 2.05) is 6.08 Å². The van der Waals surface area contributed by atoms with Crippen LogP contribution in [0.2, 0.25) is 10.0 Å². The number of hydrogen-bond donors (Lipinski definition) is 3. The number of rotatable bonds is 5. The molecule has 3 aliphatic rings. The Morgan fingerprint density at radius 2 is 1.93 bits per heavy atom. The van der Waals surface area contributed by atoms with Crippen LogP contribution in [0.5, 0.6) is 5.75 Å². The summed E-state index contributed by atoms with van der Waals surface area (Å²) in [4.78, 5) is 27.4. The van der Waals surface area contributed by atoms with Gasteiger partial charge in [-0.1, -0.05) is 35.3 Å². The fourth-order valence-electron chi connectivity index (χ4n) is 6.03. The van der Waals surface area contributed by atoms with Gasteiger partial charge in [0.05, 0.1) is 33.7 Å². The van der Waals surface area contributed by atoms with Crippen molar-refractivity contribution in [3.05, 3.63) is 85.8 Å². The van der Waals surface area contributed by atoms with Crippen LogP contribution in [0.25, 0.3) is 5.69 Å². The molecule has 3 aromatic rings. The first-order valence-electron chi connectivity index (χ1n) is 12.2. The minimum Gasteiger partial charge on any atom is -0.492 e. The monoisotopic (exact) mass is 607 g/mol. The third-order valence-electron chi connectivity index (χ3n) is 7.61. The van der Waals surface area contributed by atoms with E-state index in [4.69, 9.17) is 37.8 Å². The van der Waals surface area contributed by atoms with E-state index >= 15 is 0 Å². The van der Waals surface area contributed by atoms with Gasteiger partial charge in [0, 0.05) is 19.3 Å². The molecule has 2 aromatic carbocycles. The molecule has 1 aromatic heterocycles. The molecule has 210 valence electrons. The highest BCUT2D eigenvalue weighted by Crippen LogP contribution is 2.56. The molecule has 6 rings (SSSR count). The molecule has 40 heavy (non-hydrogen) atoms. The maximum atomic E-state index is 12.6. The lowest BCUT2D eigenvalue weighted by molar-refractivity contribution is -0.136. The normalized spacial score (nSPS) is 27.2. The molecule has 0 saturated carbocycles. The molecule has 0 aliphatic carbocycles. The quantitative estimate of drug-likeness (QED) is 0.392. The van der Waals surface area contributed by atoms with Gasteiger partial charge in [-0.25, -0.2) is 18.4 Å². The number of piperidine rings is 1. The molecule has 2 saturated heterocycles. The number of benzene rings is 2. The van der Waals surface area contributed by atoms with Gasteiger partial charge in [-0.15, -0.1) is 0 Å². The maximum absolute atomic E-state index is 12.6. The molecular weight excluding hydrogens is 585 g/mol. The number of nitrogens with two attached hydrogens (primary N) is 1. The van der Waals surface area contributed by atoms with Crippen LogP contribution in [0.1, 0.15) is 25.7 Å². The molecule has 1 spiro atoms. The first-order chi connectivity index (χ1) is 18.9. The zero-order valence-corrected chi connectivity index (χ0v) is 23.0. The predicted molar refractivity (Wildman–Crippen MR) is 145 cm³/mol. The average Bonchev–Trinajstić information content (AvgIpc) is 3.48. The van der Waals surface area contributed by atoms with E-state index in [2.05, 4.69) is 10.1 Å². The molecule has 15 heteroatoms. The van der Waals surface area contributed by atoms with Gasteiger partial charge in [-0.3, -0.25) is 9.78 Å². The van der Waals surface area contributed by atoms with Crippen LogP contribution in [-0.4, -0.2) is 51.8 Å². The Bertz CT molecular complexity index is 1740. The van der Waals surface area contributed by atoms with E-state index < -0.39 is 44.7 Å². The molecule has 2 bridgehead atoms. The first kappa shape index (κ1) is 26.8. The number of anilines is 1. The smallest absolute Gasteiger partial charge is 0.349 e. The van der Waals surface area contributed by atoms with Crippen molar-refractivity contribution in [3.8, 4) is 11.4 Å². The van der Waals surface area contributed by atoms with Crippen LogP contribution >= 0.6 is 23.2 Å². The van der Waals surface area contributed by atoms with E-state index in [0.29, 0.717) is 19.3 Å². The van der Waals surface area contributed by atoms with Crippen molar-refractivity contribution in [2.75, 3.05) is 4.90 Å². The van der Waals surface area contributed by atoms with E-state index in [0.717, 1.165) is 10.9 Å². The van der Waals surface area contributed by atoms with E-state index in [9.17, 15) is 23.1 Å². The SMILES string of the molecule is NS(=O)(=O)c1ccccc1N1C2CCC1(Oc1c(Cl)cc(-n3ncc(=O)[nH]c3=O)cc1Cl)CC1(CC=CO1)C2O. The highest BCUT2D eigenvalue weighted by atomic mass is 35.5. The zero-order valence-electron chi connectivity index (χ0n) is 20.7. The maximum Gasteiger partial charge on any atom is 0.349 e. The Labute approximate surface area is 237 Å². The highest BCUT2D eigenvalue weighted by molar-refractivity contribution is 7.89. The van der Waals surface area contributed by atoms with Crippen molar-refractivity contribution in [3.63, 3.8) is 0 Å². The van der Waals surface area contributed by atoms with Gasteiger partial charge in [0.2, 0.25) is 10.0 Å². The standard InChI is InChI=1S/C25H23Cl2N5O7S/c26-15-10-14(32-23(35)30-20(33)12-29-32)11-16(27)21(15)39-25-8-6-18(22(34)24(13-25)7-3-9-38-24)31(25)17-4-1-2-5-19(17)40(28,36)37/h1-5,9-12,18,22,34H,6-8,13H2,(H2,28,36,37)(H,30,33,35). The summed E-state index contributed by atoms with van der Waals surface area (Å²) in [6.45, 7) is 0. The highest BCUT2D eigenvalue weighted by Gasteiger charge is 2.65. The molecule has 0 amide bonds. The van der Waals surface area contributed by atoms with Gasteiger partial charge >= 0.3 is 5.69 Å². The number of halogens is 2. The number of para-hydroxylation sites is 1. The van der Waals surface area contributed by atoms with Crippen LogP contribution < -0.4 is 26.0 Å². The number of H-pyrrole nitrogens is 1. The Kier molecular flexibility index (Phi) is 6.27. The zero-order chi connectivity index (χ0) is 28.4. The third kappa shape index (κ3) is 4.20. The molecule has 0 radical (unpaired) electrons. The molecule has 4 atom stereocenters. The Hall–Kier alpha value is -3.36. The summed E-state index contributed by atoms with van der Waals surface area (Å²) in [5.74, 6) is 0.0702. The first-order valence-corrected chi connectivity index (χ1v) is 14.5. The van der Waals surface area contributed by atoms with Crippen molar-refractivity contribution < 1.29 is 23.0 Å². The molecule has 4 heterocycles. The van der Waals surface area contributed by atoms with Crippen molar-refractivity contribution in [2.45, 2.75) is 54.1 Å². The number of fused-ring (bicyclic) bond motifs is 2. The minimum absolute atomic E-state index is 0.0329. The average molecular weight is 608 g/mol. The number of nitrogens with zero attached hydrogens (tertiary/aromatic N) is 3. The number of aromatic nitrogens is 3. The largest absolute Gasteiger partial charge is 0.492 e. The fourth-order valence-corrected chi connectivity index (χ4v) is 7.31. The second kappa shape index (κ2) is 9.35. The summed E-state index contributed by atoms with van der Waals surface area (Å²) in [6, 6.07) is 8.46. The Balaban J connectivity index is 1.48. The summed E-state index contributed by atoms with van der Waals surface area (Å²) < 4.78 is 38.7. The fraction of sp³-hybridized carbons (Fsp3) is 0.320. The number of aliphatic hydroxyl groups is 1. The summed E-state index contributed by atoms with van der Waals surface area (Å²) in [5, 5.41) is 21.0. The van der Waals surface area contributed by atoms with Crippen LogP contribution in [0.15, 0.2) is 69.4 Å². The van der Waals surface area contributed by atoms with Gasteiger partial charge in [0.25, 0.3) is 5.56 Å².